The number of alkyl carbamates (subject to hydrolysis) is 1. The number of aliphatic hydroxyl groups is 2. The number of benzene rings is 1. The van der Waals surface area contributed by atoms with E-state index in [2.05, 4.69) is 5.32 Å². The van der Waals surface area contributed by atoms with E-state index >= 15 is 0 Å². The molecule has 1 heterocycles. The smallest absolute Gasteiger partial charge is 0.407 e. The van der Waals surface area contributed by atoms with Crippen LogP contribution < -0.4 is 10.1 Å². The fraction of sp³-hybridized carbons (Fsp3) is 0.562. The van der Waals surface area contributed by atoms with Crippen molar-refractivity contribution in [3.05, 3.63) is 29.3 Å². The van der Waals surface area contributed by atoms with Crippen molar-refractivity contribution in [2.75, 3.05) is 13.2 Å². The van der Waals surface area contributed by atoms with Crippen LogP contribution >= 0.6 is 0 Å². The van der Waals surface area contributed by atoms with Crippen LogP contribution in [0.1, 0.15) is 38.0 Å². The van der Waals surface area contributed by atoms with Gasteiger partial charge in [0, 0.05) is 13.0 Å². The van der Waals surface area contributed by atoms with E-state index in [1.807, 2.05) is 6.07 Å². The Labute approximate surface area is 130 Å². The van der Waals surface area contributed by atoms with Crippen molar-refractivity contribution < 1.29 is 24.5 Å². The van der Waals surface area contributed by atoms with Gasteiger partial charge < -0.3 is 25.0 Å². The first-order valence-electron chi connectivity index (χ1n) is 7.35. The molecule has 2 unspecified atom stereocenters. The minimum atomic E-state index is -1.12. The number of carbonyl (C=O) groups is 1. The third-order valence-corrected chi connectivity index (χ3v) is 3.27. The lowest BCUT2D eigenvalue weighted by Crippen LogP contribution is -2.38. The van der Waals surface area contributed by atoms with E-state index in [1.54, 1.807) is 32.9 Å². The number of nitrogens with one attached hydrogen (secondary N) is 1. The average Bonchev–Trinajstić information content (AvgIpc) is 2.89. The first-order chi connectivity index (χ1) is 10.3. The maximum atomic E-state index is 11.5. The summed E-state index contributed by atoms with van der Waals surface area (Å²) >= 11 is 0. The van der Waals surface area contributed by atoms with Crippen molar-refractivity contribution in [2.24, 2.45) is 0 Å². The van der Waals surface area contributed by atoms with Gasteiger partial charge in [0.1, 0.15) is 23.6 Å². The molecule has 1 amide bonds. The third kappa shape index (κ3) is 4.35. The molecular formula is C16H23NO5. The van der Waals surface area contributed by atoms with Crippen LogP contribution in [0.3, 0.4) is 0 Å². The van der Waals surface area contributed by atoms with Crippen molar-refractivity contribution in [1.82, 2.24) is 5.32 Å². The summed E-state index contributed by atoms with van der Waals surface area (Å²) < 4.78 is 10.5. The molecule has 122 valence electrons. The second-order valence-corrected chi connectivity index (χ2v) is 6.36. The molecule has 22 heavy (non-hydrogen) atoms. The third-order valence-electron chi connectivity index (χ3n) is 3.27. The van der Waals surface area contributed by atoms with Crippen LogP contribution in [0.25, 0.3) is 0 Å². The van der Waals surface area contributed by atoms with Crippen molar-refractivity contribution >= 4 is 6.09 Å². The van der Waals surface area contributed by atoms with Crippen LogP contribution in [0, 0.1) is 0 Å². The highest BCUT2D eigenvalue weighted by molar-refractivity contribution is 5.67. The summed E-state index contributed by atoms with van der Waals surface area (Å²) in [6.07, 6.45) is -2.03. The highest BCUT2D eigenvalue weighted by Gasteiger charge is 2.23. The highest BCUT2D eigenvalue weighted by atomic mass is 16.6. The van der Waals surface area contributed by atoms with Gasteiger partial charge in [0.15, 0.2) is 0 Å². The number of rotatable bonds is 4. The monoisotopic (exact) mass is 309 g/mol. The fourth-order valence-electron chi connectivity index (χ4n) is 2.23. The molecular weight excluding hydrogens is 286 g/mol. The van der Waals surface area contributed by atoms with Gasteiger partial charge in [0.25, 0.3) is 0 Å². The summed E-state index contributed by atoms with van der Waals surface area (Å²) in [5.41, 5.74) is 1.01. The summed E-state index contributed by atoms with van der Waals surface area (Å²) in [7, 11) is 0. The van der Waals surface area contributed by atoms with Crippen molar-refractivity contribution in [3.63, 3.8) is 0 Å². The zero-order valence-electron chi connectivity index (χ0n) is 13.1. The largest absolute Gasteiger partial charge is 0.493 e. The molecule has 0 spiro atoms. The normalized spacial score (nSPS) is 16.4. The Kier molecular flexibility index (Phi) is 4.93. The number of ether oxygens (including phenoxy) is 2. The molecule has 6 nitrogen and oxygen atoms in total. The molecule has 0 aromatic heterocycles. The maximum Gasteiger partial charge on any atom is 0.407 e. The zero-order valence-corrected chi connectivity index (χ0v) is 13.1. The Balaban J connectivity index is 1.89. The molecule has 6 heteroatoms. The molecule has 1 aliphatic heterocycles. The van der Waals surface area contributed by atoms with Crippen molar-refractivity contribution in [1.29, 1.82) is 0 Å². The molecule has 0 bridgehead atoms. The first-order valence-corrected chi connectivity index (χ1v) is 7.35. The molecule has 0 saturated carbocycles. The molecule has 2 atom stereocenters. The van der Waals surface area contributed by atoms with E-state index in [0.717, 1.165) is 17.7 Å². The Morgan fingerprint density at radius 1 is 1.41 bits per heavy atom. The predicted molar refractivity (Wildman–Crippen MR) is 80.8 cm³/mol. The minimum absolute atomic E-state index is 0.0936. The zero-order chi connectivity index (χ0) is 16.3. The lowest BCUT2D eigenvalue weighted by Gasteiger charge is -2.22. The topological polar surface area (TPSA) is 88.0 Å². The van der Waals surface area contributed by atoms with E-state index in [9.17, 15) is 15.0 Å². The fourth-order valence-corrected chi connectivity index (χ4v) is 2.23. The summed E-state index contributed by atoms with van der Waals surface area (Å²) in [5, 5.41) is 22.6. The van der Waals surface area contributed by atoms with E-state index < -0.39 is 23.9 Å². The summed E-state index contributed by atoms with van der Waals surface area (Å²) in [5.74, 6) is 0.817. The van der Waals surface area contributed by atoms with E-state index in [1.165, 1.54) is 0 Å². The van der Waals surface area contributed by atoms with E-state index in [4.69, 9.17) is 9.47 Å². The molecule has 1 aromatic carbocycles. The van der Waals surface area contributed by atoms with Crippen LogP contribution in [0.4, 0.5) is 4.79 Å². The average molecular weight is 309 g/mol. The number of hydrogen-bond donors (Lipinski definition) is 3. The first kappa shape index (κ1) is 16.6. The van der Waals surface area contributed by atoms with Gasteiger partial charge in [-0.2, -0.15) is 0 Å². The van der Waals surface area contributed by atoms with Crippen LogP contribution in [0.5, 0.6) is 5.75 Å². The number of aliphatic hydroxyl groups excluding tert-OH is 2. The van der Waals surface area contributed by atoms with Crippen molar-refractivity contribution in [2.45, 2.75) is 45.0 Å². The second-order valence-electron chi connectivity index (χ2n) is 6.36. The molecule has 0 radical (unpaired) electrons. The van der Waals surface area contributed by atoms with Gasteiger partial charge in [-0.25, -0.2) is 4.79 Å². The van der Waals surface area contributed by atoms with Gasteiger partial charge in [-0.3, -0.25) is 0 Å². The quantitative estimate of drug-likeness (QED) is 0.785. The molecule has 3 N–H and O–H groups in total. The standard InChI is InChI=1S/C16H23NO5/c1-16(2,3)22-15(20)17-9-12(18)14(19)11-4-5-13-10(8-11)6-7-21-13/h4-5,8,12,14,18-19H,6-7,9H2,1-3H3,(H,17,20). The van der Waals surface area contributed by atoms with Gasteiger partial charge >= 0.3 is 6.09 Å². The number of hydrogen-bond acceptors (Lipinski definition) is 5. The summed E-state index contributed by atoms with van der Waals surface area (Å²) in [6.45, 7) is 5.81. The lowest BCUT2D eigenvalue weighted by molar-refractivity contribution is 0.0129. The lowest BCUT2D eigenvalue weighted by atomic mass is 10.0. The molecule has 2 rings (SSSR count). The van der Waals surface area contributed by atoms with Gasteiger partial charge in [-0.15, -0.1) is 0 Å². The van der Waals surface area contributed by atoms with E-state index in [-0.39, 0.29) is 6.54 Å². The van der Waals surface area contributed by atoms with E-state index in [0.29, 0.717) is 12.2 Å². The molecule has 0 aliphatic carbocycles. The summed E-state index contributed by atoms with van der Waals surface area (Å²) in [6, 6.07) is 5.32. The van der Waals surface area contributed by atoms with Crippen LogP contribution in [0.2, 0.25) is 0 Å². The molecule has 1 aromatic rings. The van der Waals surface area contributed by atoms with Gasteiger partial charge in [-0.05, 0) is 44.0 Å². The van der Waals surface area contributed by atoms with Gasteiger partial charge in [0.05, 0.1) is 6.61 Å². The Morgan fingerprint density at radius 2 is 2.14 bits per heavy atom. The SMILES string of the molecule is CC(C)(C)OC(=O)NCC(O)C(O)c1ccc2c(c1)CCO2. The van der Waals surface area contributed by atoms with Gasteiger partial charge in [-0.1, -0.05) is 6.07 Å². The minimum Gasteiger partial charge on any atom is -0.493 e. The summed E-state index contributed by atoms with van der Waals surface area (Å²) in [4.78, 5) is 11.5. The number of fused-ring (bicyclic) bond motifs is 1. The van der Waals surface area contributed by atoms with Crippen LogP contribution in [-0.2, 0) is 11.2 Å². The van der Waals surface area contributed by atoms with Crippen LogP contribution in [-0.4, -0.2) is 41.2 Å². The predicted octanol–water partition coefficient (Wildman–Crippen LogP) is 1.54. The second kappa shape index (κ2) is 6.54. The Morgan fingerprint density at radius 3 is 2.82 bits per heavy atom. The molecule has 1 aliphatic rings. The van der Waals surface area contributed by atoms with Crippen molar-refractivity contribution in [3.8, 4) is 5.75 Å². The number of carbonyl (C=O) groups excluding carboxylic acids is 1. The molecule has 0 fully saturated rings. The van der Waals surface area contributed by atoms with Crippen LogP contribution in [0.15, 0.2) is 18.2 Å². The number of amides is 1. The Hall–Kier alpha value is -1.79. The van der Waals surface area contributed by atoms with Gasteiger partial charge in [0.2, 0.25) is 0 Å². The Bertz CT molecular complexity index is 538. The molecule has 0 saturated heterocycles. The maximum absolute atomic E-state index is 11.5. The highest BCUT2D eigenvalue weighted by Crippen LogP contribution is 2.29.